The van der Waals surface area contributed by atoms with Crippen molar-refractivity contribution in [2.24, 2.45) is 44.5 Å². The van der Waals surface area contributed by atoms with Crippen LogP contribution in [0.25, 0.3) is 0 Å². The van der Waals surface area contributed by atoms with E-state index in [1.807, 2.05) is 0 Å². The number of nitrogens with zero attached hydrogens (tertiary/aromatic N) is 3. The van der Waals surface area contributed by atoms with E-state index in [2.05, 4.69) is 38.7 Å². The van der Waals surface area contributed by atoms with Crippen LogP contribution in [0.3, 0.4) is 0 Å². The van der Waals surface area contributed by atoms with E-state index in [0.717, 1.165) is 83.9 Å². The summed E-state index contributed by atoms with van der Waals surface area (Å²) < 4.78 is 28.9. The second-order valence-electron chi connectivity index (χ2n) is 7.02. The molecule has 14 nitrogen and oxygen atoms in total. The molecular weight excluding hydrogens is 598 g/mol. The third kappa shape index (κ3) is 23.9. The predicted molar refractivity (Wildman–Crippen MR) is 142 cm³/mol. The van der Waals surface area contributed by atoms with E-state index < -0.39 is 0 Å². The first kappa shape index (κ1) is 40.0. The van der Waals surface area contributed by atoms with Gasteiger partial charge in [-0.15, -0.1) is 0 Å². The van der Waals surface area contributed by atoms with E-state index in [4.69, 9.17) is 24.8 Å². The zero-order chi connectivity index (χ0) is 26.6. The summed E-state index contributed by atoms with van der Waals surface area (Å²) in [6.45, 7) is 6.04. The van der Waals surface area contributed by atoms with Crippen molar-refractivity contribution in [2.45, 2.75) is 58.8 Å². The molecule has 4 rings (SSSR count). The fraction of sp³-hybridized carbons (Fsp3) is 0.810. The van der Waals surface area contributed by atoms with Crippen LogP contribution in [0.15, 0.2) is 15.3 Å². The Morgan fingerprint density at radius 1 is 0.528 bits per heavy atom. The molecule has 4 saturated heterocycles. The number of carbonyl (C=O) groups excluding carboxylic acids is 1. The Morgan fingerprint density at radius 3 is 0.972 bits per heavy atom. The Balaban J connectivity index is -0.000000428. The summed E-state index contributed by atoms with van der Waals surface area (Å²) in [5.74, 6) is 21.4. The molecule has 0 atom stereocenters. The van der Waals surface area contributed by atoms with Crippen molar-refractivity contribution in [1.29, 1.82) is 0 Å². The SMILES string of the molecule is C.C1CC(=NN=C2CCOCC2)CCO1.NN.NN.NN=C1CCOCC1.O=C1CCOCC1.[O]=[Ba]. The average molecular weight is 644 g/mol. The Labute approximate surface area is 247 Å². The molecule has 0 aliphatic carbocycles. The minimum absolute atomic E-state index is 0. The molecule has 0 aromatic carbocycles. The van der Waals surface area contributed by atoms with Gasteiger partial charge in [0.05, 0.1) is 52.9 Å². The normalized spacial score (nSPS) is 18.6. The van der Waals surface area contributed by atoms with E-state index in [1.165, 1.54) is 11.4 Å². The Morgan fingerprint density at radius 2 is 0.778 bits per heavy atom. The summed E-state index contributed by atoms with van der Waals surface area (Å²) in [6.07, 6.45) is 6.83. The molecule has 0 unspecified atom stereocenters. The van der Waals surface area contributed by atoms with Gasteiger partial charge in [-0.2, -0.15) is 15.3 Å². The molecule has 0 radical (unpaired) electrons. The molecule has 0 spiro atoms. The van der Waals surface area contributed by atoms with Crippen molar-refractivity contribution in [3.63, 3.8) is 0 Å². The maximum absolute atomic E-state index is 10.4. The molecule has 0 saturated carbocycles. The summed E-state index contributed by atoms with van der Waals surface area (Å²) >= 11 is -0.222. The Hall–Kier alpha value is -0.469. The van der Waals surface area contributed by atoms with Crippen molar-refractivity contribution >= 4 is 69.6 Å². The monoisotopic (exact) mass is 644 g/mol. The van der Waals surface area contributed by atoms with Crippen molar-refractivity contribution < 1.29 is 23.8 Å². The fourth-order valence-corrected chi connectivity index (χ4v) is 2.89. The number of nitrogens with two attached hydrogens (primary N) is 5. The van der Waals surface area contributed by atoms with E-state index in [9.17, 15) is 4.79 Å². The number of hydrazine groups is 2. The van der Waals surface area contributed by atoms with Crippen molar-refractivity contribution in [2.75, 3.05) is 52.9 Å². The third-order valence-corrected chi connectivity index (χ3v) is 4.78. The summed E-state index contributed by atoms with van der Waals surface area (Å²) in [5, 5.41) is 12.1. The standard InChI is InChI=1S/C10H16N2O2.C5H10N2O.C5H8O2.CH4.Ba.2H4N2.O/c1-5-13-6-2-9(1)11-12-10-3-7-14-8-4-10;6-7-5-1-3-8-4-2-5;6-5-1-3-7-4-2-5;;;2*1-2;/h1-8H2;1-4,6H2;1-4H2;1H4;;2*1-2H2;. The molecule has 36 heavy (non-hydrogen) atoms. The number of ether oxygens (including phenoxy) is 4. The first-order valence-corrected chi connectivity index (χ1v) is 13.2. The Kier molecular flexibility index (Phi) is 36.2. The molecule has 10 N–H and O–H groups in total. The second kappa shape index (κ2) is 32.6. The van der Waals surface area contributed by atoms with E-state index in [0.29, 0.717) is 31.8 Å². The van der Waals surface area contributed by atoms with Crippen LogP contribution in [0.5, 0.6) is 0 Å². The van der Waals surface area contributed by atoms with E-state index in [1.54, 1.807) is 0 Å². The molecule has 0 aromatic heterocycles. The summed E-state index contributed by atoms with van der Waals surface area (Å²) in [6, 6.07) is 0. The zero-order valence-corrected chi connectivity index (χ0v) is 25.1. The number of rotatable bonds is 1. The summed E-state index contributed by atoms with van der Waals surface area (Å²) in [4.78, 5) is 10.4. The van der Waals surface area contributed by atoms with Gasteiger partial charge in [0.15, 0.2) is 0 Å². The molecule has 15 heteroatoms. The van der Waals surface area contributed by atoms with Gasteiger partial charge in [0, 0.05) is 68.5 Å². The summed E-state index contributed by atoms with van der Waals surface area (Å²) in [5.41, 5.74) is 3.43. The van der Waals surface area contributed by atoms with Crippen molar-refractivity contribution in [1.82, 2.24) is 0 Å². The molecule has 4 aliphatic heterocycles. The van der Waals surface area contributed by atoms with E-state index >= 15 is 0 Å². The van der Waals surface area contributed by atoms with Crippen LogP contribution >= 0.6 is 0 Å². The quantitative estimate of drug-likeness (QED) is 0.141. The number of Topliss-reactive ketones (excluding diaryl/α,β-unsaturated/α-hetero) is 1. The fourth-order valence-electron chi connectivity index (χ4n) is 2.89. The van der Waals surface area contributed by atoms with Crippen molar-refractivity contribution in [3.05, 3.63) is 0 Å². The van der Waals surface area contributed by atoms with Crippen molar-refractivity contribution in [3.8, 4) is 0 Å². The molecule has 4 aliphatic rings. The molecular formula is C21H46BaN8O6. The predicted octanol–water partition coefficient (Wildman–Crippen LogP) is -0.344. The van der Waals surface area contributed by atoms with Crippen LogP contribution in [-0.2, 0) is 23.8 Å². The second-order valence-corrected chi connectivity index (χ2v) is 7.02. The van der Waals surface area contributed by atoms with Crippen LogP contribution in [0.1, 0.15) is 58.8 Å². The van der Waals surface area contributed by atoms with Crippen LogP contribution in [0, 0.1) is 0 Å². The van der Waals surface area contributed by atoms with E-state index in [-0.39, 0.29) is 54.1 Å². The van der Waals surface area contributed by atoms with Gasteiger partial charge in [0.2, 0.25) is 0 Å². The number of hydrogen-bond donors (Lipinski definition) is 5. The van der Waals surface area contributed by atoms with Gasteiger partial charge in [0.1, 0.15) is 5.78 Å². The maximum atomic E-state index is 10.4. The van der Waals surface area contributed by atoms with Crippen LogP contribution in [-0.4, -0.2) is 122 Å². The number of hydrazone groups is 1. The topological polar surface area (TPSA) is 238 Å². The van der Waals surface area contributed by atoms with Crippen LogP contribution in [0.4, 0.5) is 0 Å². The van der Waals surface area contributed by atoms with Gasteiger partial charge >= 0.3 is 46.8 Å². The zero-order valence-electron chi connectivity index (χ0n) is 20.7. The molecule has 208 valence electrons. The van der Waals surface area contributed by atoms with Crippen LogP contribution in [0.2, 0.25) is 0 Å². The molecule has 0 amide bonds. The first-order chi connectivity index (χ1) is 17.3. The van der Waals surface area contributed by atoms with Crippen LogP contribution < -0.4 is 29.2 Å². The first-order valence-electron chi connectivity index (χ1n) is 11.4. The number of ketones is 1. The Bertz CT molecular complexity index is 553. The average Bonchev–Trinajstić information content (AvgIpc) is 2.98. The third-order valence-electron chi connectivity index (χ3n) is 4.78. The summed E-state index contributed by atoms with van der Waals surface area (Å²) in [7, 11) is 0. The van der Waals surface area contributed by atoms with Gasteiger partial charge in [-0.25, -0.2) is 0 Å². The molecule has 4 fully saturated rings. The van der Waals surface area contributed by atoms with Gasteiger partial charge in [-0.05, 0) is 0 Å². The minimum atomic E-state index is -0.222. The number of carbonyl (C=O) groups is 1. The number of hydrogen-bond acceptors (Lipinski definition) is 14. The molecule has 0 bridgehead atoms. The molecule has 4 heterocycles. The van der Waals surface area contributed by atoms with Gasteiger partial charge in [-0.3, -0.25) is 28.2 Å². The van der Waals surface area contributed by atoms with Gasteiger partial charge in [0.25, 0.3) is 0 Å². The molecule has 0 aromatic rings. The van der Waals surface area contributed by atoms with Gasteiger partial charge in [-0.1, -0.05) is 7.43 Å². The van der Waals surface area contributed by atoms with Gasteiger partial charge < -0.3 is 24.8 Å².